The van der Waals surface area contributed by atoms with Gasteiger partial charge in [-0.15, -0.1) is 5.10 Å². The van der Waals surface area contributed by atoms with Crippen LogP contribution < -0.4 is 4.74 Å². The van der Waals surface area contributed by atoms with E-state index in [2.05, 4.69) is 20.5 Å². The van der Waals surface area contributed by atoms with E-state index in [9.17, 15) is 5.11 Å². The van der Waals surface area contributed by atoms with Crippen LogP contribution in [0.15, 0.2) is 53.5 Å². The molecule has 0 bridgehead atoms. The Labute approximate surface area is 142 Å². The van der Waals surface area contributed by atoms with Gasteiger partial charge in [0.1, 0.15) is 24.4 Å². The van der Waals surface area contributed by atoms with E-state index in [-0.39, 0.29) is 6.61 Å². The van der Waals surface area contributed by atoms with Gasteiger partial charge < -0.3 is 14.3 Å². The van der Waals surface area contributed by atoms with Crippen molar-refractivity contribution < 1.29 is 14.3 Å². The lowest BCUT2D eigenvalue weighted by Gasteiger charge is -2.11. The first-order chi connectivity index (χ1) is 12.3. The monoisotopic (exact) mass is 338 g/mol. The molecular formula is C16H14N6O3. The highest BCUT2D eigenvalue weighted by Crippen LogP contribution is 2.27. The molecule has 0 spiro atoms. The molecule has 3 aromatic heterocycles. The quantitative estimate of drug-likeness (QED) is 0.589. The molecule has 0 aliphatic rings. The van der Waals surface area contributed by atoms with Crippen LogP contribution in [0.2, 0.25) is 0 Å². The molecule has 1 aromatic carbocycles. The second-order valence-electron chi connectivity index (χ2n) is 5.19. The maximum Gasteiger partial charge on any atom is 0.180 e. The largest absolute Gasteiger partial charge is 0.497 e. The molecule has 9 heteroatoms. The minimum absolute atomic E-state index is 0.163. The maximum absolute atomic E-state index is 9.19. The second-order valence-corrected chi connectivity index (χ2v) is 5.19. The Bertz CT molecular complexity index is 989. The van der Waals surface area contributed by atoms with Gasteiger partial charge in [-0.3, -0.25) is 4.57 Å². The third kappa shape index (κ3) is 2.76. The molecule has 3 heterocycles. The van der Waals surface area contributed by atoms with Crippen molar-refractivity contribution in [1.29, 1.82) is 0 Å². The van der Waals surface area contributed by atoms with Gasteiger partial charge in [0.25, 0.3) is 0 Å². The van der Waals surface area contributed by atoms with Gasteiger partial charge in [0.15, 0.2) is 11.6 Å². The van der Waals surface area contributed by atoms with Crippen LogP contribution in [0.1, 0.15) is 5.76 Å². The molecular weight excluding hydrogens is 324 g/mol. The van der Waals surface area contributed by atoms with E-state index in [0.29, 0.717) is 23.1 Å². The van der Waals surface area contributed by atoms with E-state index in [1.165, 1.54) is 6.33 Å². The number of hydrogen-bond acceptors (Lipinski definition) is 7. The van der Waals surface area contributed by atoms with Crippen molar-refractivity contribution in [3.05, 3.63) is 54.8 Å². The Kier molecular flexibility index (Phi) is 3.75. The molecule has 0 unspecified atom stereocenters. The van der Waals surface area contributed by atoms with Crippen LogP contribution in [0.4, 0.5) is 0 Å². The first-order valence-corrected chi connectivity index (χ1v) is 7.44. The number of nitrogens with zero attached hydrogens (tertiary/aromatic N) is 6. The summed E-state index contributed by atoms with van der Waals surface area (Å²) < 4.78 is 14.4. The number of ether oxygens (including phenoxy) is 1. The molecule has 4 rings (SSSR count). The summed E-state index contributed by atoms with van der Waals surface area (Å²) in [4.78, 5) is 4.36. The Morgan fingerprint density at radius 3 is 2.80 bits per heavy atom. The zero-order valence-corrected chi connectivity index (χ0v) is 13.3. The molecule has 0 atom stereocenters. The molecule has 0 saturated heterocycles. The lowest BCUT2D eigenvalue weighted by atomic mass is 10.2. The van der Waals surface area contributed by atoms with Crippen molar-refractivity contribution in [2.75, 3.05) is 7.11 Å². The van der Waals surface area contributed by atoms with Gasteiger partial charge in [-0.25, -0.2) is 9.67 Å². The van der Waals surface area contributed by atoms with E-state index >= 15 is 0 Å². The number of tetrazole rings is 1. The molecule has 0 aliphatic carbocycles. The predicted molar refractivity (Wildman–Crippen MR) is 86.5 cm³/mol. The van der Waals surface area contributed by atoms with E-state index < -0.39 is 0 Å². The molecule has 4 aromatic rings. The fourth-order valence-electron chi connectivity index (χ4n) is 2.51. The minimum atomic E-state index is -0.163. The Morgan fingerprint density at radius 1 is 1.20 bits per heavy atom. The van der Waals surface area contributed by atoms with Crippen LogP contribution in [-0.2, 0) is 6.61 Å². The van der Waals surface area contributed by atoms with E-state index in [0.717, 1.165) is 11.4 Å². The third-order valence-corrected chi connectivity index (χ3v) is 3.68. The number of aromatic nitrogens is 6. The summed E-state index contributed by atoms with van der Waals surface area (Å²) in [5, 5.41) is 20.4. The van der Waals surface area contributed by atoms with Crippen molar-refractivity contribution in [3.8, 4) is 28.7 Å². The van der Waals surface area contributed by atoms with Gasteiger partial charge in [-0.05, 0) is 28.6 Å². The van der Waals surface area contributed by atoms with Crippen LogP contribution in [0.3, 0.4) is 0 Å². The van der Waals surface area contributed by atoms with Crippen molar-refractivity contribution in [1.82, 2.24) is 29.8 Å². The molecule has 9 nitrogen and oxygen atoms in total. The number of hydrogen-bond donors (Lipinski definition) is 1. The highest BCUT2D eigenvalue weighted by Gasteiger charge is 2.14. The Balaban J connectivity index is 1.83. The molecule has 126 valence electrons. The fourth-order valence-corrected chi connectivity index (χ4v) is 2.51. The highest BCUT2D eigenvalue weighted by molar-refractivity contribution is 5.56. The standard InChI is InChI=1S/C16H14N6O3/c1-24-14-7-11(6-12(8-14)22-10-18-19-20-22)21-5-4-17-16(21)15-3-2-13(9-23)25-15/h2-8,10,23H,9H2,1H3. The Morgan fingerprint density at radius 2 is 2.08 bits per heavy atom. The SMILES string of the molecule is COc1cc(-n2cnnn2)cc(-n2ccnc2-c2ccc(CO)o2)c1. The summed E-state index contributed by atoms with van der Waals surface area (Å²) in [5.41, 5.74) is 1.55. The zero-order valence-electron chi connectivity index (χ0n) is 13.3. The number of benzene rings is 1. The van der Waals surface area contributed by atoms with Crippen LogP contribution in [0.25, 0.3) is 23.0 Å². The van der Waals surface area contributed by atoms with Crippen LogP contribution >= 0.6 is 0 Å². The summed E-state index contributed by atoms with van der Waals surface area (Å²) in [7, 11) is 1.59. The molecule has 0 amide bonds. The number of aliphatic hydroxyl groups excluding tert-OH is 1. The lowest BCUT2D eigenvalue weighted by molar-refractivity contribution is 0.248. The average Bonchev–Trinajstić information content (AvgIpc) is 3.41. The average molecular weight is 338 g/mol. The molecule has 0 fully saturated rings. The van der Waals surface area contributed by atoms with Crippen molar-refractivity contribution >= 4 is 0 Å². The number of rotatable bonds is 5. The van der Waals surface area contributed by atoms with Gasteiger partial charge in [-0.2, -0.15) is 0 Å². The van der Waals surface area contributed by atoms with Crippen LogP contribution in [0.5, 0.6) is 5.75 Å². The zero-order chi connectivity index (χ0) is 17.2. The fraction of sp³-hybridized carbons (Fsp3) is 0.125. The maximum atomic E-state index is 9.19. The van der Waals surface area contributed by atoms with Gasteiger partial charge in [0, 0.05) is 24.5 Å². The third-order valence-electron chi connectivity index (χ3n) is 3.68. The lowest BCUT2D eigenvalue weighted by Crippen LogP contribution is -2.01. The topological polar surface area (TPSA) is 104 Å². The predicted octanol–water partition coefficient (Wildman–Crippen LogP) is 1.61. The number of imidazole rings is 1. The van der Waals surface area contributed by atoms with Crippen molar-refractivity contribution in [2.24, 2.45) is 0 Å². The van der Waals surface area contributed by atoms with E-state index in [1.807, 2.05) is 29.0 Å². The Hall–Kier alpha value is -3.46. The summed E-state index contributed by atoms with van der Waals surface area (Å²) in [6, 6.07) is 9.08. The van der Waals surface area contributed by atoms with Crippen LogP contribution in [0, 0.1) is 0 Å². The number of aliphatic hydroxyl groups is 1. The molecule has 0 aliphatic heterocycles. The van der Waals surface area contributed by atoms with E-state index in [4.69, 9.17) is 9.15 Å². The van der Waals surface area contributed by atoms with Gasteiger partial charge in [0.05, 0.1) is 18.5 Å². The van der Waals surface area contributed by atoms with E-state index in [1.54, 1.807) is 30.1 Å². The summed E-state index contributed by atoms with van der Waals surface area (Å²) in [5.74, 6) is 2.29. The number of methoxy groups -OCH3 is 1. The van der Waals surface area contributed by atoms with Crippen LogP contribution in [-0.4, -0.2) is 42.0 Å². The van der Waals surface area contributed by atoms with Crippen molar-refractivity contribution in [3.63, 3.8) is 0 Å². The van der Waals surface area contributed by atoms with Crippen molar-refractivity contribution in [2.45, 2.75) is 6.61 Å². The second kappa shape index (κ2) is 6.21. The summed E-state index contributed by atoms with van der Waals surface area (Å²) in [6.45, 7) is -0.163. The van der Waals surface area contributed by atoms with Gasteiger partial charge >= 0.3 is 0 Å². The summed E-state index contributed by atoms with van der Waals surface area (Å²) >= 11 is 0. The number of furan rings is 1. The molecule has 0 saturated carbocycles. The molecule has 25 heavy (non-hydrogen) atoms. The molecule has 1 N–H and O–H groups in total. The smallest absolute Gasteiger partial charge is 0.180 e. The normalized spacial score (nSPS) is 11.0. The minimum Gasteiger partial charge on any atom is -0.497 e. The highest BCUT2D eigenvalue weighted by atomic mass is 16.5. The van der Waals surface area contributed by atoms with Gasteiger partial charge in [0.2, 0.25) is 0 Å². The summed E-state index contributed by atoms with van der Waals surface area (Å²) in [6.07, 6.45) is 4.99. The molecule has 0 radical (unpaired) electrons. The first kappa shape index (κ1) is 15.1. The van der Waals surface area contributed by atoms with Gasteiger partial charge in [-0.1, -0.05) is 0 Å². The first-order valence-electron chi connectivity index (χ1n) is 7.44.